The summed E-state index contributed by atoms with van der Waals surface area (Å²) >= 11 is 0. The topological polar surface area (TPSA) is 28.4 Å². The molecule has 0 spiro atoms. The van der Waals surface area contributed by atoms with E-state index in [1.165, 1.54) is 23.0 Å². The molecule has 1 aliphatic rings. The van der Waals surface area contributed by atoms with E-state index in [2.05, 4.69) is 53.8 Å². The van der Waals surface area contributed by atoms with E-state index >= 15 is 0 Å². The van der Waals surface area contributed by atoms with E-state index in [1.54, 1.807) is 0 Å². The van der Waals surface area contributed by atoms with Crippen molar-refractivity contribution in [1.29, 1.82) is 0 Å². The summed E-state index contributed by atoms with van der Waals surface area (Å²) in [7, 11) is 2.15. The first kappa shape index (κ1) is 14.6. The summed E-state index contributed by atoms with van der Waals surface area (Å²) in [6.07, 6.45) is 3.42. The maximum atomic E-state index is 9.76. The van der Waals surface area contributed by atoms with E-state index in [-0.39, 0.29) is 5.41 Å². The minimum absolute atomic E-state index is 0.114. The fourth-order valence-corrected chi connectivity index (χ4v) is 3.70. The average molecular weight is 286 g/mol. The van der Waals surface area contributed by atoms with E-state index in [4.69, 9.17) is 0 Å². The first-order chi connectivity index (χ1) is 10.2. The lowest BCUT2D eigenvalue weighted by atomic mass is 9.78. The zero-order valence-electron chi connectivity index (χ0n) is 13.2. The Morgan fingerprint density at radius 1 is 1.29 bits per heavy atom. The summed E-state index contributed by atoms with van der Waals surface area (Å²) in [5.74, 6) is 0. The smallest absolute Gasteiger partial charge is 0.0499 e. The number of likely N-dealkylation sites (tertiary alicyclic amines) is 1. The zero-order valence-corrected chi connectivity index (χ0v) is 13.2. The van der Waals surface area contributed by atoms with Gasteiger partial charge in [-0.2, -0.15) is 0 Å². The van der Waals surface area contributed by atoms with Crippen LogP contribution >= 0.6 is 0 Å². The molecular formula is C18H26N2O. The molecule has 2 aromatic rings. The third-order valence-corrected chi connectivity index (χ3v) is 5.26. The number of aliphatic hydroxyl groups excluding tert-OH is 1. The Hall–Kier alpha value is -1.32. The molecule has 2 heterocycles. The second-order valence-corrected chi connectivity index (χ2v) is 6.58. The number of para-hydroxylation sites is 1. The Morgan fingerprint density at radius 2 is 2.10 bits per heavy atom. The number of fused-ring (bicyclic) bond motifs is 1. The van der Waals surface area contributed by atoms with Crippen molar-refractivity contribution in [1.82, 2.24) is 9.47 Å². The van der Waals surface area contributed by atoms with Gasteiger partial charge in [0.1, 0.15) is 0 Å². The molecule has 3 heteroatoms. The van der Waals surface area contributed by atoms with Crippen molar-refractivity contribution >= 4 is 10.9 Å². The minimum atomic E-state index is 0.114. The van der Waals surface area contributed by atoms with Crippen LogP contribution in [0.25, 0.3) is 10.9 Å². The maximum absolute atomic E-state index is 9.76. The standard InChI is InChI=1S/C18H26N2O/c1-3-18(14-21)9-6-10-20(13-18)12-16-11-15-7-4-5-8-17(15)19(16)2/h4-5,7-8,11,21H,3,6,9-10,12-14H2,1-2H3/t18-/m0/s1. The van der Waals surface area contributed by atoms with E-state index in [0.717, 1.165) is 32.5 Å². The van der Waals surface area contributed by atoms with Crippen molar-refractivity contribution in [2.45, 2.75) is 32.7 Å². The molecule has 0 saturated carbocycles. The maximum Gasteiger partial charge on any atom is 0.0499 e. The molecule has 0 bridgehead atoms. The predicted molar refractivity (Wildman–Crippen MR) is 87.2 cm³/mol. The Balaban J connectivity index is 1.80. The van der Waals surface area contributed by atoms with Gasteiger partial charge in [0.25, 0.3) is 0 Å². The largest absolute Gasteiger partial charge is 0.396 e. The van der Waals surface area contributed by atoms with Gasteiger partial charge in [-0.3, -0.25) is 4.90 Å². The zero-order chi connectivity index (χ0) is 14.9. The van der Waals surface area contributed by atoms with Gasteiger partial charge in [0.15, 0.2) is 0 Å². The second-order valence-electron chi connectivity index (χ2n) is 6.58. The molecule has 1 atom stereocenters. The molecule has 3 rings (SSSR count). The number of aryl methyl sites for hydroxylation is 1. The lowest BCUT2D eigenvalue weighted by molar-refractivity contribution is 0.0250. The number of hydrogen-bond acceptors (Lipinski definition) is 2. The number of rotatable bonds is 4. The molecule has 0 radical (unpaired) electrons. The van der Waals surface area contributed by atoms with E-state index in [9.17, 15) is 5.11 Å². The molecule has 0 amide bonds. The van der Waals surface area contributed by atoms with Gasteiger partial charge in [0.2, 0.25) is 0 Å². The van der Waals surface area contributed by atoms with Crippen molar-refractivity contribution in [3.8, 4) is 0 Å². The number of aromatic nitrogens is 1. The molecular weight excluding hydrogens is 260 g/mol. The Bertz CT molecular complexity index is 613. The summed E-state index contributed by atoms with van der Waals surface area (Å²) in [6, 6.07) is 10.9. The molecule has 114 valence electrons. The van der Waals surface area contributed by atoms with Crippen molar-refractivity contribution < 1.29 is 5.11 Å². The van der Waals surface area contributed by atoms with Gasteiger partial charge in [0.05, 0.1) is 0 Å². The fraction of sp³-hybridized carbons (Fsp3) is 0.556. The normalized spacial score (nSPS) is 23.8. The number of aliphatic hydroxyl groups is 1. The van der Waals surface area contributed by atoms with Crippen LogP contribution in [0, 0.1) is 5.41 Å². The van der Waals surface area contributed by atoms with E-state index < -0.39 is 0 Å². The molecule has 21 heavy (non-hydrogen) atoms. The molecule has 1 aromatic carbocycles. The molecule has 1 N–H and O–H groups in total. The Morgan fingerprint density at radius 3 is 2.81 bits per heavy atom. The molecule has 1 aliphatic heterocycles. The van der Waals surface area contributed by atoms with Crippen molar-refractivity contribution in [3.63, 3.8) is 0 Å². The van der Waals surface area contributed by atoms with Crippen LogP contribution in [-0.2, 0) is 13.6 Å². The minimum Gasteiger partial charge on any atom is -0.396 e. The monoisotopic (exact) mass is 286 g/mol. The molecule has 0 aliphatic carbocycles. The van der Waals surface area contributed by atoms with Gasteiger partial charge in [-0.25, -0.2) is 0 Å². The van der Waals surface area contributed by atoms with Gasteiger partial charge in [-0.1, -0.05) is 25.1 Å². The van der Waals surface area contributed by atoms with Crippen LogP contribution in [0.5, 0.6) is 0 Å². The van der Waals surface area contributed by atoms with Crippen LogP contribution in [0.4, 0.5) is 0 Å². The summed E-state index contributed by atoms with van der Waals surface area (Å²) < 4.78 is 2.30. The number of piperidine rings is 1. The molecule has 1 saturated heterocycles. The fourth-order valence-electron chi connectivity index (χ4n) is 3.70. The number of nitrogens with zero attached hydrogens (tertiary/aromatic N) is 2. The van der Waals surface area contributed by atoms with Gasteiger partial charge in [-0.05, 0) is 43.3 Å². The lowest BCUT2D eigenvalue weighted by Gasteiger charge is -2.41. The van der Waals surface area contributed by atoms with Crippen LogP contribution in [0.15, 0.2) is 30.3 Å². The predicted octanol–water partition coefficient (Wildman–Crippen LogP) is 3.16. The molecule has 0 unspecified atom stereocenters. The van der Waals surface area contributed by atoms with Crippen molar-refractivity contribution in [2.75, 3.05) is 19.7 Å². The summed E-state index contributed by atoms with van der Waals surface area (Å²) in [5, 5.41) is 11.1. The highest BCUT2D eigenvalue weighted by Crippen LogP contribution is 2.33. The first-order valence-corrected chi connectivity index (χ1v) is 8.04. The Labute approximate surface area is 127 Å². The molecule has 1 fully saturated rings. The van der Waals surface area contributed by atoms with Gasteiger partial charge in [-0.15, -0.1) is 0 Å². The second kappa shape index (κ2) is 5.82. The third-order valence-electron chi connectivity index (χ3n) is 5.26. The third kappa shape index (κ3) is 2.72. The SMILES string of the molecule is CC[C@]1(CO)CCCN(Cc2cc3ccccc3n2C)C1. The van der Waals surface area contributed by atoms with E-state index in [1.807, 2.05) is 0 Å². The van der Waals surface area contributed by atoms with Gasteiger partial charge in [0, 0.05) is 43.4 Å². The van der Waals surface area contributed by atoms with Crippen LogP contribution in [-0.4, -0.2) is 34.3 Å². The average Bonchev–Trinajstić information content (AvgIpc) is 2.84. The summed E-state index contributed by atoms with van der Waals surface area (Å²) in [5.41, 5.74) is 2.78. The molecule has 1 aromatic heterocycles. The summed E-state index contributed by atoms with van der Waals surface area (Å²) in [4.78, 5) is 2.51. The van der Waals surface area contributed by atoms with E-state index in [0.29, 0.717) is 6.61 Å². The van der Waals surface area contributed by atoms with Crippen molar-refractivity contribution in [3.05, 3.63) is 36.0 Å². The molecule has 3 nitrogen and oxygen atoms in total. The first-order valence-electron chi connectivity index (χ1n) is 8.04. The van der Waals surface area contributed by atoms with Crippen molar-refractivity contribution in [2.24, 2.45) is 12.5 Å². The highest BCUT2D eigenvalue weighted by Gasteiger charge is 2.33. The highest BCUT2D eigenvalue weighted by molar-refractivity contribution is 5.81. The van der Waals surface area contributed by atoms with Gasteiger partial charge >= 0.3 is 0 Å². The van der Waals surface area contributed by atoms with Crippen LogP contribution in [0.2, 0.25) is 0 Å². The van der Waals surface area contributed by atoms with Crippen LogP contribution in [0.1, 0.15) is 31.9 Å². The van der Waals surface area contributed by atoms with Gasteiger partial charge < -0.3 is 9.67 Å². The summed E-state index contributed by atoms with van der Waals surface area (Å²) in [6.45, 7) is 5.66. The van der Waals surface area contributed by atoms with Crippen LogP contribution in [0.3, 0.4) is 0 Å². The lowest BCUT2D eigenvalue weighted by Crippen LogP contribution is -2.44. The van der Waals surface area contributed by atoms with Crippen LogP contribution < -0.4 is 0 Å². The highest BCUT2D eigenvalue weighted by atomic mass is 16.3. The number of benzene rings is 1. The number of hydrogen-bond donors (Lipinski definition) is 1. The Kier molecular flexibility index (Phi) is 4.05. The quantitative estimate of drug-likeness (QED) is 0.935.